The van der Waals surface area contributed by atoms with Gasteiger partial charge >= 0.3 is 0 Å². The van der Waals surface area contributed by atoms with Gasteiger partial charge in [-0.15, -0.1) is 0 Å². The van der Waals surface area contributed by atoms with E-state index in [1.54, 1.807) is 0 Å². The fourth-order valence-corrected chi connectivity index (χ4v) is 1.22. The maximum absolute atomic E-state index is 5.73. The highest BCUT2D eigenvalue weighted by molar-refractivity contribution is 5.21. The van der Waals surface area contributed by atoms with Crippen molar-refractivity contribution in [2.75, 3.05) is 6.54 Å². The van der Waals surface area contributed by atoms with E-state index in [1.165, 1.54) is 5.56 Å². The first-order valence-corrected chi connectivity index (χ1v) is 4.33. The first kappa shape index (κ1) is 9.20. The third kappa shape index (κ3) is 1.64. The highest BCUT2D eigenvalue weighted by atomic mass is 14.6. The van der Waals surface area contributed by atoms with Crippen LogP contribution in [-0.4, -0.2) is 11.5 Å². The van der Waals surface area contributed by atoms with Crippen molar-refractivity contribution in [2.24, 2.45) is 5.73 Å². The van der Waals surface area contributed by atoms with Gasteiger partial charge in [0, 0.05) is 24.4 Å². The molecule has 0 aliphatic carbocycles. The molecule has 0 radical (unpaired) electrons. The summed E-state index contributed by atoms with van der Waals surface area (Å²) >= 11 is 0. The van der Waals surface area contributed by atoms with Crippen molar-refractivity contribution in [3.8, 4) is 0 Å². The van der Waals surface area contributed by atoms with Gasteiger partial charge in [-0.05, 0) is 24.1 Å². The smallest absolute Gasteiger partial charge is 0.0270 e. The number of hydrogen-bond donors (Lipinski definition) is 1. The van der Waals surface area contributed by atoms with Gasteiger partial charge in [-0.1, -0.05) is 13.8 Å². The Morgan fingerprint density at radius 3 is 2.42 bits per heavy atom. The van der Waals surface area contributed by atoms with Crippen molar-refractivity contribution in [2.45, 2.75) is 25.7 Å². The molecule has 66 valence electrons. The minimum atomic E-state index is 0.114. The molecular formula is C10H16N2. The van der Waals surface area contributed by atoms with E-state index in [0.29, 0.717) is 6.54 Å². The van der Waals surface area contributed by atoms with Crippen LogP contribution in [0.2, 0.25) is 0 Å². The zero-order valence-corrected chi connectivity index (χ0v) is 7.75. The number of rotatable bonds is 3. The number of nitrogens with two attached hydrogens (primary N) is 1. The predicted octanol–water partition coefficient (Wildman–Crippen LogP) is 1.71. The molecule has 0 fully saturated rings. The summed E-state index contributed by atoms with van der Waals surface area (Å²) in [5.74, 6) is 0. The van der Waals surface area contributed by atoms with E-state index in [9.17, 15) is 0 Å². The minimum absolute atomic E-state index is 0.114. The Labute approximate surface area is 73.8 Å². The van der Waals surface area contributed by atoms with Crippen LogP contribution in [0.25, 0.3) is 0 Å². The Morgan fingerprint density at radius 2 is 2.00 bits per heavy atom. The molecule has 2 N–H and O–H groups in total. The van der Waals surface area contributed by atoms with Gasteiger partial charge in [0.15, 0.2) is 0 Å². The second-order valence-corrected chi connectivity index (χ2v) is 3.35. The van der Waals surface area contributed by atoms with E-state index >= 15 is 0 Å². The SMILES string of the molecule is CCC(C)(CN)c1ccncc1. The van der Waals surface area contributed by atoms with Crippen molar-refractivity contribution in [1.82, 2.24) is 4.98 Å². The maximum atomic E-state index is 5.73. The second kappa shape index (κ2) is 3.68. The number of hydrogen-bond acceptors (Lipinski definition) is 2. The van der Waals surface area contributed by atoms with Gasteiger partial charge in [0.05, 0.1) is 0 Å². The molecule has 2 nitrogen and oxygen atoms in total. The van der Waals surface area contributed by atoms with Crippen molar-refractivity contribution < 1.29 is 0 Å². The van der Waals surface area contributed by atoms with Gasteiger partial charge in [-0.2, -0.15) is 0 Å². The third-order valence-electron chi connectivity index (χ3n) is 2.61. The molecular weight excluding hydrogens is 148 g/mol. The van der Waals surface area contributed by atoms with E-state index in [1.807, 2.05) is 24.5 Å². The fourth-order valence-electron chi connectivity index (χ4n) is 1.22. The summed E-state index contributed by atoms with van der Waals surface area (Å²) in [7, 11) is 0. The molecule has 0 saturated heterocycles. The highest BCUT2D eigenvalue weighted by Crippen LogP contribution is 2.24. The molecule has 1 aromatic rings. The van der Waals surface area contributed by atoms with Crippen LogP contribution in [0.4, 0.5) is 0 Å². The molecule has 1 aromatic heterocycles. The Hall–Kier alpha value is -0.890. The minimum Gasteiger partial charge on any atom is -0.330 e. The maximum Gasteiger partial charge on any atom is 0.0270 e. The average molecular weight is 164 g/mol. The van der Waals surface area contributed by atoms with Crippen LogP contribution in [0.1, 0.15) is 25.8 Å². The fraction of sp³-hybridized carbons (Fsp3) is 0.500. The Morgan fingerprint density at radius 1 is 1.42 bits per heavy atom. The van der Waals surface area contributed by atoms with E-state index in [-0.39, 0.29) is 5.41 Å². The summed E-state index contributed by atoms with van der Waals surface area (Å²) in [6.07, 6.45) is 4.70. The number of pyridine rings is 1. The number of nitrogens with zero attached hydrogens (tertiary/aromatic N) is 1. The first-order valence-electron chi connectivity index (χ1n) is 4.33. The lowest BCUT2D eigenvalue weighted by Crippen LogP contribution is -2.30. The molecule has 0 aromatic carbocycles. The third-order valence-corrected chi connectivity index (χ3v) is 2.61. The Kier molecular flexibility index (Phi) is 2.82. The van der Waals surface area contributed by atoms with Gasteiger partial charge in [0.25, 0.3) is 0 Å². The molecule has 1 atom stereocenters. The quantitative estimate of drug-likeness (QED) is 0.738. The molecule has 1 heterocycles. The molecule has 0 aliphatic rings. The van der Waals surface area contributed by atoms with E-state index in [0.717, 1.165) is 6.42 Å². The summed E-state index contributed by atoms with van der Waals surface area (Å²) in [6, 6.07) is 4.08. The predicted molar refractivity (Wildman–Crippen MR) is 50.9 cm³/mol. The summed E-state index contributed by atoms with van der Waals surface area (Å²) < 4.78 is 0. The van der Waals surface area contributed by atoms with Crippen LogP contribution in [0.3, 0.4) is 0 Å². The molecule has 0 aliphatic heterocycles. The molecule has 0 spiro atoms. The molecule has 2 heteroatoms. The lowest BCUT2D eigenvalue weighted by molar-refractivity contribution is 0.466. The Balaban J connectivity index is 2.95. The van der Waals surface area contributed by atoms with Crippen molar-refractivity contribution >= 4 is 0 Å². The van der Waals surface area contributed by atoms with Crippen LogP contribution in [0, 0.1) is 0 Å². The zero-order chi connectivity index (χ0) is 9.03. The Bertz CT molecular complexity index is 227. The van der Waals surface area contributed by atoms with Gasteiger partial charge in [0.1, 0.15) is 0 Å². The summed E-state index contributed by atoms with van der Waals surface area (Å²) in [5.41, 5.74) is 7.12. The van der Waals surface area contributed by atoms with E-state index in [2.05, 4.69) is 18.8 Å². The first-order chi connectivity index (χ1) is 5.73. The van der Waals surface area contributed by atoms with Crippen LogP contribution in [-0.2, 0) is 5.41 Å². The van der Waals surface area contributed by atoms with Crippen molar-refractivity contribution in [1.29, 1.82) is 0 Å². The summed E-state index contributed by atoms with van der Waals surface area (Å²) in [4.78, 5) is 3.99. The topological polar surface area (TPSA) is 38.9 Å². The van der Waals surface area contributed by atoms with Gasteiger partial charge in [0.2, 0.25) is 0 Å². The van der Waals surface area contributed by atoms with Crippen LogP contribution < -0.4 is 5.73 Å². The lowest BCUT2D eigenvalue weighted by Gasteiger charge is -2.26. The molecule has 0 saturated carbocycles. The molecule has 0 bridgehead atoms. The van der Waals surface area contributed by atoms with Crippen molar-refractivity contribution in [3.63, 3.8) is 0 Å². The monoisotopic (exact) mass is 164 g/mol. The van der Waals surface area contributed by atoms with Crippen molar-refractivity contribution in [3.05, 3.63) is 30.1 Å². The standard InChI is InChI=1S/C10H16N2/c1-3-10(2,8-11)9-4-6-12-7-5-9/h4-7H,3,8,11H2,1-2H3. The van der Waals surface area contributed by atoms with E-state index in [4.69, 9.17) is 5.73 Å². The molecule has 0 amide bonds. The molecule has 12 heavy (non-hydrogen) atoms. The van der Waals surface area contributed by atoms with Crippen LogP contribution in [0.5, 0.6) is 0 Å². The summed E-state index contributed by atoms with van der Waals surface area (Å²) in [5, 5.41) is 0. The highest BCUT2D eigenvalue weighted by Gasteiger charge is 2.21. The lowest BCUT2D eigenvalue weighted by atomic mass is 9.81. The second-order valence-electron chi connectivity index (χ2n) is 3.35. The zero-order valence-electron chi connectivity index (χ0n) is 7.75. The van der Waals surface area contributed by atoms with Crippen LogP contribution in [0.15, 0.2) is 24.5 Å². The van der Waals surface area contributed by atoms with Gasteiger partial charge < -0.3 is 5.73 Å². The van der Waals surface area contributed by atoms with Gasteiger partial charge in [-0.3, -0.25) is 4.98 Å². The average Bonchev–Trinajstić information content (AvgIpc) is 2.18. The van der Waals surface area contributed by atoms with Gasteiger partial charge in [-0.25, -0.2) is 0 Å². The molecule has 1 rings (SSSR count). The van der Waals surface area contributed by atoms with Crippen LogP contribution >= 0.6 is 0 Å². The number of aromatic nitrogens is 1. The van der Waals surface area contributed by atoms with E-state index < -0.39 is 0 Å². The summed E-state index contributed by atoms with van der Waals surface area (Å²) in [6.45, 7) is 5.03. The normalized spacial score (nSPS) is 15.6. The largest absolute Gasteiger partial charge is 0.330 e. The molecule has 1 unspecified atom stereocenters.